The number of pyridine rings is 1. The van der Waals surface area contributed by atoms with E-state index >= 15 is 0 Å². The van der Waals surface area contributed by atoms with Crippen LogP contribution in [0.5, 0.6) is 0 Å². The highest BCUT2D eigenvalue weighted by molar-refractivity contribution is 7.11. The average Bonchev–Trinajstić information content (AvgIpc) is 2.87. The summed E-state index contributed by atoms with van der Waals surface area (Å²) in [6.45, 7) is 7.77. The van der Waals surface area contributed by atoms with Gasteiger partial charge in [-0.05, 0) is 45.2 Å². The summed E-state index contributed by atoms with van der Waals surface area (Å²) in [7, 11) is 0. The lowest BCUT2D eigenvalue weighted by Crippen LogP contribution is -2.41. The molecule has 0 atom stereocenters. The van der Waals surface area contributed by atoms with Gasteiger partial charge < -0.3 is 10.3 Å². The second-order valence-electron chi connectivity index (χ2n) is 6.34. The first-order chi connectivity index (χ1) is 11.3. The number of aryl methyl sites for hydroxylation is 2. The maximum absolute atomic E-state index is 12.6. The molecule has 3 rings (SSSR count). The van der Waals surface area contributed by atoms with Crippen LogP contribution in [0.25, 0.3) is 10.8 Å². The minimum absolute atomic E-state index is 0.247. The molecule has 3 aromatic rings. The Morgan fingerprint density at radius 2 is 1.96 bits per heavy atom. The highest BCUT2D eigenvalue weighted by atomic mass is 32.1. The number of H-pyrrole nitrogens is 1. The molecule has 0 aliphatic carbocycles. The number of carbonyl (C=O) groups excluding carboxylic acids is 1. The van der Waals surface area contributed by atoms with Crippen molar-refractivity contribution >= 4 is 28.0 Å². The topological polar surface area (TPSA) is 74.8 Å². The standard InChI is InChI=1S/C18H19N3O2S/c1-10-11(2)24-17(19-10)18(3,4)21-16(23)14-9-12-7-5-6-8-13(12)15(22)20-14/h5-9H,1-4H3,(H,20,22)(H,21,23). The lowest BCUT2D eigenvalue weighted by atomic mass is 10.1. The van der Waals surface area contributed by atoms with Gasteiger partial charge in [-0.3, -0.25) is 9.59 Å². The molecule has 2 aromatic heterocycles. The molecule has 0 fully saturated rings. The van der Waals surface area contributed by atoms with E-state index in [1.165, 1.54) is 0 Å². The maximum atomic E-state index is 12.6. The number of thiazole rings is 1. The van der Waals surface area contributed by atoms with E-state index in [4.69, 9.17) is 0 Å². The third-order valence-corrected chi connectivity index (χ3v) is 5.38. The summed E-state index contributed by atoms with van der Waals surface area (Å²) in [4.78, 5) is 33.1. The van der Waals surface area contributed by atoms with E-state index in [1.807, 2.05) is 39.8 Å². The van der Waals surface area contributed by atoms with Crippen molar-refractivity contribution in [2.24, 2.45) is 0 Å². The minimum Gasteiger partial charge on any atom is -0.339 e. The summed E-state index contributed by atoms with van der Waals surface area (Å²) < 4.78 is 0. The fourth-order valence-corrected chi connectivity index (χ4v) is 3.45. The molecule has 0 saturated heterocycles. The van der Waals surface area contributed by atoms with Gasteiger partial charge in [0.2, 0.25) is 0 Å². The van der Waals surface area contributed by atoms with Crippen molar-refractivity contribution in [2.75, 3.05) is 0 Å². The van der Waals surface area contributed by atoms with Gasteiger partial charge in [-0.2, -0.15) is 0 Å². The molecule has 0 aliphatic heterocycles. The molecule has 2 heterocycles. The smallest absolute Gasteiger partial charge is 0.268 e. The van der Waals surface area contributed by atoms with Crippen LogP contribution in [0.15, 0.2) is 35.1 Å². The van der Waals surface area contributed by atoms with Gasteiger partial charge in [-0.15, -0.1) is 11.3 Å². The molecule has 0 unspecified atom stereocenters. The molecule has 6 heteroatoms. The van der Waals surface area contributed by atoms with Crippen LogP contribution in [0.4, 0.5) is 0 Å². The van der Waals surface area contributed by atoms with E-state index in [0.29, 0.717) is 5.39 Å². The van der Waals surface area contributed by atoms with Crippen LogP contribution < -0.4 is 10.9 Å². The van der Waals surface area contributed by atoms with Crippen molar-refractivity contribution in [3.05, 3.63) is 62.0 Å². The first kappa shape index (κ1) is 16.4. The summed E-state index contributed by atoms with van der Waals surface area (Å²) in [6.07, 6.45) is 0. The lowest BCUT2D eigenvalue weighted by Gasteiger charge is -2.23. The van der Waals surface area contributed by atoms with E-state index in [1.54, 1.807) is 29.5 Å². The van der Waals surface area contributed by atoms with Crippen LogP contribution in [-0.4, -0.2) is 15.9 Å². The summed E-state index contributed by atoms with van der Waals surface area (Å²) in [5.41, 5.74) is 0.328. The molecule has 0 radical (unpaired) electrons. The Kier molecular flexibility index (Phi) is 4.01. The molecule has 24 heavy (non-hydrogen) atoms. The maximum Gasteiger partial charge on any atom is 0.268 e. The Morgan fingerprint density at radius 3 is 2.62 bits per heavy atom. The Hall–Kier alpha value is -2.47. The van der Waals surface area contributed by atoms with Gasteiger partial charge in [-0.25, -0.2) is 4.98 Å². The average molecular weight is 341 g/mol. The fraction of sp³-hybridized carbons (Fsp3) is 0.278. The number of aromatic nitrogens is 2. The molecule has 0 spiro atoms. The molecule has 5 nitrogen and oxygen atoms in total. The molecule has 0 aliphatic rings. The molecule has 1 aromatic carbocycles. The number of nitrogens with one attached hydrogen (secondary N) is 2. The summed E-state index contributed by atoms with van der Waals surface area (Å²) in [5.74, 6) is -0.326. The predicted molar refractivity (Wildman–Crippen MR) is 96.6 cm³/mol. The lowest BCUT2D eigenvalue weighted by molar-refractivity contribution is 0.0906. The number of rotatable bonds is 3. The quantitative estimate of drug-likeness (QED) is 0.768. The zero-order valence-corrected chi connectivity index (χ0v) is 14.9. The SMILES string of the molecule is Cc1nc(C(C)(C)NC(=O)c2cc3ccccc3c(=O)[nH]2)sc1C. The summed E-state index contributed by atoms with van der Waals surface area (Å²) in [5, 5.41) is 5.11. The molecule has 124 valence electrons. The third kappa shape index (κ3) is 2.97. The zero-order valence-electron chi connectivity index (χ0n) is 14.1. The molecular weight excluding hydrogens is 322 g/mol. The van der Waals surface area contributed by atoms with Crippen LogP contribution in [0.1, 0.15) is 39.9 Å². The van der Waals surface area contributed by atoms with Crippen molar-refractivity contribution in [1.82, 2.24) is 15.3 Å². The van der Waals surface area contributed by atoms with Gasteiger partial charge in [0.05, 0.1) is 11.2 Å². The van der Waals surface area contributed by atoms with E-state index in [9.17, 15) is 9.59 Å². The van der Waals surface area contributed by atoms with E-state index in [2.05, 4.69) is 15.3 Å². The molecule has 0 saturated carbocycles. The van der Waals surface area contributed by atoms with Gasteiger partial charge >= 0.3 is 0 Å². The van der Waals surface area contributed by atoms with Gasteiger partial charge in [0, 0.05) is 10.3 Å². The molecular formula is C18H19N3O2S. The van der Waals surface area contributed by atoms with Crippen molar-refractivity contribution in [3.63, 3.8) is 0 Å². The Bertz CT molecular complexity index is 966. The van der Waals surface area contributed by atoms with E-state index < -0.39 is 5.54 Å². The first-order valence-corrected chi connectivity index (χ1v) is 8.48. The summed E-state index contributed by atoms with van der Waals surface area (Å²) in [6, 6.07) is 8.89. The number of nitrogens with zero attached hydrogens (tertiary/aromatic N) is 1. The number of aromatic amines is 1. The van der Waals surface area contributed by atoms with E-state index in [0.717, 1.165) is 21.0 Å². The first-order valence-electron chi connectivity index (χ1n) is 7.67. The summed E-state index contributed by atoms with van der Waals surface area (Å²) >= 11 is 1.57. The second-order valence-corrected chi connectivity index (χ2v) is 7.54. The Morgan fingerprint density at radius 1 is 1.25 bits per heavy atom. The number of hydrogen-bond donors (Lipinski definition) is 2. The Balaban J connectivity index is 1.93. The van der Waals surface area contributed by atoms with Crippen molar-refractivity contribution in [1.29, 1.82) is 0 Å². The number of benzene rings is 1. The minimum atomic E-state index is -0.622. The predicted octanol–water partition coefficient (Wildman–Crippen LogP) is 3.27. The van der Waals surface area contributed by atoms with Crippen molar-refractivity contribution in [2.45, 2.75) is 33.2 Å². The highest BCUT2D eigenvalue weighted by Crippen LogP contribution is 2.27. The van der Waals surface area contributed by atoms with Gasteiger partial charge in [0.1, 0.15) is 10.7 Å². The van der Waals surface area contributed by atoms with Crippen LogP contribution in [0, 0.1) is 13.8 Å². The van der Waals surface area contributed by atoms with Crippen LogP contribution in [0.2, 0.25) is 0 Å². The van der Waals surface area contributed by atoms with Crippen molar-refractivity contribution < 1.29 is 4.79 Å². The van der Waals surface area contributed by atoms with Crippen LogP contribution in [-0.2, 0) is 5.54 Å². The number of hydrogen-bond acceptors (Lipinski definition) is 4. The normalized spacial score (nSPS) is 11.7. The van der Waals surface area contributed by atoms with Crippen LogP contribution in [0.3, 0.4) is 0 Å². The van der Waals surface area contributed by atoms with Crippen LogP contribution >= 0.6 is 11.3 Å². The van der Waals surface area contributed by atoms with Gasteiger partial charge in [-0.1, -0.05) is 18.2 Å². The molecule has 2 N–H and O–H groups in total. The second kappa shape index (κ2) is 5.87. The number of amides is 1. The zero-order chi connectivity index (χ0) is 17.5. The number of fused-ring (bicyclic) bond motifs is 1. The number of carbonyl (C=O) groups is 1. The monoisotopic (exact) mass is 341 g/mol. The van der Waals surface area contributed by atoms with Crippen molar-refractivity contribution in [3.8, 4) is 0 Å². The molecule has 0 bridgehead atoms. The Labute approximate surface area is 143 Å². The van der Waals surface area contributed by atoms with Gasteiger partial charge in [0.25, 0.3) is 11.5 Å². The largest absolute Gasteiger partial charge is 0.339 e. The van der Waals surface area contributed by atoms with E-state index in [-0.39, 0.29) is 17.2 Å². The third-order valence-electron chi connectivity index (χ3n) is 3.99. The fourth-order valence-electron chi connectivity index (χ4n) is 2.48. The molecule has 1 amide bonds. The highest BCUT2D eigenvalue weighted by Gasteiger charge is 2.28. The van der Waals surface area contributed by atoms with Gasteiger partial charge in [0.15, 0.2) is 0 Å².